The second-order valence-electron chi connectivity index (χ2n) is 8.32. The monoisotopic (exact) mass is 367 g/mol. The zero-order valence-electron chi connectivity index (χ0n) is 16.5. The SMILES string of the molecule is CC(C)(C)CN1CCCN(c2cccc(C(=O)c3cccnc3N)n2)CC1. The zero-order chi connectivity index (χ0) is 19.4. The van der Waals surface area contributed by atoms with Gasteiger partial charge in [0.2, 0.25) is 5.78 Å². The largest absolute Gasteiger partial charge is 0.383 e. The van der Waals surface area contributed by atoms with Gasteiger partial charge < -0.3 is 15.5 Å². The highest BCUT2D eigenvalue weighted by atomic mass is 16.1. The van der Waals surface area contributed by atoms with E-state index in [0.717, 1.165) is 45.0 Å². The molecule has 0 spiro atoms. The normalized spacial score (nSPS) is 16.2. The molecule has 1 aliphatic heterocycles. The van der Waals surface area contributed by atoms with Gasteiger partial charge in [-0.25, -0.2) is 9.97 Å². The molecule has 3 rings (SSSR count). The summed E-state index contributed by atoms with van der Waals surface area (Å²) in [7, 11) is 0. The molecule has 0 radical (unpaired) electrons. The van der Waals surface area contributed by atoms with Crippen molar-refractivity contribution in [2.24, 2.45) is 5.41 Å². The third-order valence-corrected chi connectivity index (χ3v) is 4.66. The molecule has 0 bridgehead atoms. The van der Waals surface area contributed by atoms with Crippen molar-refractivity contribution in [3.05, 3.63) is 47.8 Å². The van der Waals surface area contributed by atoms with Gasteiger partial charge in [-0.05, 0) is 42.6 Å². The maximum absolute atomic E-state index is 12.8. The molecule has 0 unspecified atom stereocenters. The Morgan fingerprint density at radius 1 is 1.11 bits per heavy atom. The second kappa shape index (κ2) is 8.05. The third-order valence-electron chi connectivity index (χ3n) is 4.66. The Hall–Kier alpha value is -2.47. The van der Waals surface area contributed by atoms with Crippen molar-refractivity contribution in [1.82, 2.24) is 14.9 Å². The quantitative estimate of drug-likeness (QED) is 0.838. The Bertz CT molecular complexity index is 799. The minimum Gasteiger partial charge on any atom is -0.383 e. The lowest BCUT2D eigenvalue weighted by molar-refractivity contribution is 0.103. The van der Waals surface area contributed by atoms with Crippen LogP contribution in [0.1, 0.15) is 43.2 Å². The van der Waals surface area contributed by atoms with Gasteiger partial charge in [-0.2, -0.15) is 0 Å². The number of anilines is 2. The molecule has 1 fully saturated rings. The van der Waals surface area contributed by atoms with E-state index in [4.69, 9.17) is 5.73 Å². The summed E-state index contributed by atoms with van der Waals surface area (Å²) in [6.45, 7) is 11.9. The maximum atomic E-state index is 12.8. The fourth-order valence-corrected chi connectivity index (χ4v) is 3.50. The van der Waals surface area contributed by atoms with Gasteiger partial charge in [0, 0.05) is 32.4 Å². The smallest absolute Gasteiger partial charge is 0.215 e. The van der Waals surface area contributed by atoms with E-state index in [1.807, 2.05) is 12.1 Å². The third kappa shape index (κ3) is 5.04. The van der Waals surface area contributed by atoms with Crippen molar-refractivity contribution in [1.29, 1.82) is 0 Å². The summed E-state index contributed by atoms with van der Waals surface area (Å²) in [5.41, 5.74) is 6.95. The average Bonchev–Trinajstić information content (AvgIpc) is 2.86. The number of nitrogen functional groups attached to an aromatic ring is 1. The summed E-state index contributed by atoms with van der Waals surface area (Å²) in [6, 6.07) is 9.01. The average molecular weight is 367 g/mol. The van der Waals surface area contributed by atoms with Gasteiger partial charge in [-0.3, -0.25) is 4.79 Å². The lowest BCUT2D eigenvalue weighted by Crippen LogP contribution is -2.36. The van der Waals surface area contributed by atoms with E-state index in [1.165, 1.54) is 0 Å². The second-order valence-corrected chi connectivity index (χ2v) is 8.32. The number of carbonyl (C=O) groups excluding carboxylic acids is 1. The molecule has 3 heterocycles. The first-order valence-corrected chi connectivity index (χ1v) is 9.53. The number of nitrogens with two attached hydrogens (primary N) is 1. The first-order chi connectivity index (χ1) is 12.8. The molecule has 1 saturated heterocycles. The standard InChI is InChI=1S/C21H29N5O/c1-21(2,3)15-25-11-6-12-26(14-13-25)18-9-4-8-17(24-18)19(27)16-7-5-10-23-20(16)22/h4-5,7-10H,6,11-15H2,1-3H3,(H2,22,23). The minimum absolute atomic E-state index is 0.188. The van der Waals surface area contributed by atoms with Gasteiger partial charge in [0.15, 0.2) is 0 Å². The molecule has 2 aromatic rings. The number of hydrogen-bond donors (Lipinski definition) is 1. The van der Waals surface area contributed by atoms with Crippen molar-refractivity contribution in [3.8, 4) is 0 Å². The molecule has 0 aromatic carbocycles. The van der Waals surface area contributed by atoms with Gasteiger partial charge in [0.05, 0.1) is 5.56 Å². The first kappa shape index (κ1) is 19.3. The van der Waals surface area contributed by atoms with E-state index in [9.17, 15) is 4.79 Å². The molecular formula is C21H29N5O. The number of hydrogen-bond acceptors (Lipinski definition) is 6. The van der Waals surface area contributed by atoms with E-state index < -0.39 is 0 Å². The van der Waals surface area contributed by atoms with Crippen molar-refractivity contribution < 1.29 is 4.79 Å². The van der Waals surface area contributed by atoms with Crippen LogP contribution in [0, 0.1) is 5.41 Å². The van der Waals surface area contributed by atoms with E-state index in [1.54, 1.807) is 24.4 Å². The molecule has 0 atom stereocenters. The predicted octanol–water partition coefficient (Wildman–Crippen LogP) is 2.85. The Morgan fingerprint density at radius 3 is 2.67 bits per heavy atom. The molecule has 6 nitrogen and oxygen atoms in total. The summed E-state index contributed by atoms with van der Waals surface area (Å²) in [6.07, 6.45) is 2.67. The number of ketones is 1. The number of carbonyl (C=O) groups is 1. The van der Waals surface area contributed by atoms with Crippen LogP contribution in [0.2, 0.25) is 0 Å². The lowest BCUT2D eigenvalue weighted by Gasteiger charge is -2.29. The van der Waals surface area contributed by atoms with Crippen LogP contribution in [-0.2, 0) is 0 Å². The lowest BCUT2D eigenvalue weighted by atomic mass is 9.96. The number of nitrogens with zero attached hydrogens (tertiary/aromatic N) is 4. The van der Waals surface area contributed by atoms with Gasteiger partial charge in [-0.15, -0.1) is 0 Å². The molecular weight excluding hydrogens is 338 g/mol. The van der Waals surface area contributed by atoms with Crippen LogP contribution in [0.5, 0.6) is 0 Å². The molecule has 0 saturated carbocycles. The summed E-state index contributed by atoms with van der Waals surface area (Å²) in [5, 5.41) is 0. The molecule has 0 aliphatic carbocycles. The first-order valence-electron chi connectivity index (χ1n) is 9.53. The summed E-state index contributed by atoms with van der Waals surface area (Å²) in [5.74, 6) is 0.898. The van der Waals surface area contributed by atoms with Crippen LogP contribution in [0.3, 0.4) is 0 Å². The number of pyridine rings is 2. The number of aromatic nitrogens is 2. The van der Waals surface area contributed by atoms with Crippen LogP contribution >= 0.6 is 0 Å². The molecule has 27 heavy (non-hydrogen) atoms. The summed E-state index contributed by atoms with van der Waals surface area (Å²) >= 11 is 0. The minimum atomic E-state index is -0.188. The van der Waals surface area contributed by atoms with Gasteiger partial charge in [0.25, 0.3) is 0 Å². The maximum Gasteiger partial charge on any atom is 0.215 e. The van der Waals surface area contributed by atoms with Crippen LogP contribution < -0.4 is 10.6 Å². The predicted molar refractivity (Wildman–Crippen MR) is 109 cm³/mol. The van der Waals surface area contributed by atoms with Crippen LogP contribution in [0.15, 0.2) is 36.5 Å². The molecule has 0 amide bonds. The molecule has 144 valence electrons. The topological polar surface area (TPSA) is 75.3 Å². The Labute approximate surface area is 161 Å². The van der Waals surface area contributed by atoms with Gasteiger partial charge >= 0.3 is 0 Å². The molecule has 1 aliphatic rings. The van der Waals surface area contributed by atoms with Crippen molar-refractivity contribution in [2.45, 2.75) is 27.2 Å². The highest BCUT2D eigenvalue weighted by Crippen LogP contribution is 2.20. The van der Waals surface area contributed by atoms with E-state index in [2.05, 4.69) is 40.5 Å². The summed E-state index contributed by atoms with van der Waals surface area (Å²) in [4.78, 5) is 26.2. The molecule has 6 heteroatoms. The van der Waals surface area contributed by atoms with Gasteiger partial charge in [0.1, 0.15) is 17.3 Å². The Kier molecular flexibility index (Phi) is 5.75. The summed E-state index contributed by atoms with van der Waals surface area (Å²) < 4.78 is 0. The highest BCUT2D eigenvalue weighted by Gasteiger charge is 2.21. The Morgan fingerprint density at radius 2 is 1.93 bits per heavy atom. The van der Waals surface area contributed by atoms with Crippen molar-refractivity contribution in [2.75, 3.05) is 43.4 Å². The van der Waals surface area contributed by atoms with Crippen LogP contribution in [-0.4, -0.2) is 53.4 Å². The fourth-order valence-electron chi connectivity index (χ4n) is 3.50. The van der Waals surface area contributed by atoms with Crippen molar-refractivity contribution in [3.63, 3.8) is 0 Å². The van der Waals surface area contributed by atoms with E-state index in [-0.39, 0.29) is 11.6 Å². The van der Waals surface area contributed by atoms with E-state index >= 15 is 0 Å². The highest BCUT2D eigenvalue weighted by molar-refractivity contribution is 6.10. The Balaban J connectivity index is 1.74. The van der Waals surface area contributed by atoms with Crippen molar-refractivity contribution >= 4 is 17.4 Å². The van der Waals surface area contributed by atoms with Crippen LogP contribution in [0.25, 0.3) is 0 Å². The van der Waals surface area contributed by atoms with Gasteiger partial charge in [-0.1, -0.05) is 26.8 Å². The number of rotatable bonds is 4. The zero-order valence-corrected chi connectivity index (χ0v) is 16.5. The van der Waals surface area contributed by atoms with Crippen LogP contribution in [0.4, 0.5) is 11.6 Å². The molecule has 2 aromatic heterocycles. The van der Waals surface area contributed by atoms with E-state index in [0.29, 0.717) is 16.7 Å². The molecule has 2 N–H and O–H groups in total. The fraction of sp³-hybridized carbons (Fsp3) is 0.476.